The highest BCUT2D eigenvalue weighted by Gasteiger charge is 2.16. The van der Waals surface area contributed by atoms with Gasteiger partial charge in [0, 0.05) is 64.9 Å². The molecule has 3 N–H and O–H groups in total. The summed E-state index contributed by atoms with van der Waals surface area (Å²) in [6.45, 7) is 1.94. The van der Waals surface area contributed by atoms with Crippen molar-refractivity contribution in [2.24, 2.45) is 5.92 Å². The van der Waals surface area contributed by atoms with Crippen LogP contribution in [0.5, 0.6) is 0 Å². The Morgan fingerprint density at radius 1 is 0.763 bits per heavy atom. The first-order valence-electron chi connectivity index (χ1n) is 13.3. The van der Waals surface area contributed by atoms with Crippen LogP contribution in [-0.2, 0) is 6.54 Å². The molecule has 1 aliphatic carbocycles. The Kier molecular flexibility index (Phi) is 5.90. The van der Waals surface area contributed by atoms with Gasteiger partial charge >= 0.3 is 0 Å². The lowest BCUT2D eigenvalue weighted by molar-refractivity contribution is 0.489. The van der Waals surface area contributed by atoms with Crippen molar-refractivity contribution in [1.82, 2.24) is 35.5 Å². The summed E-state index contributed by atoms with van der Waals surface area (Å²) < 4.78 is 0. The van der Waals surface area contributed by atoms with E-state index in [4.69, 9.17) is 0 Å². The highest BCUT2D eigenvalue weighted by Crippen LogP contribution is 2.34. The van der Waals surface area contributed by atoms with Gasteiger partial charge in [-0.25, -0.2) is 0 Å². The van der Waals surface area contributed by atoms with Crippen LogP contribution in [0.15, 0.2) is 79.5 Å². The van der Waals surface area contributed by atoms with Crippen LogP contribution in [0.1, 0.15) is 31.2 Å². The van der Waals surface area contributed by atoms with Crippen LogP contribution in [0.3, 0.4) is 0 Å². The fourth-order valence-electron chi connectivity index (χ4n) is 5.70. The predicted molar refractivity (Wildman–Crippen MR) is 151 cm³/mol. The van der Waals surface area contributed by atoms with E-state index in [2.05, 4.69) is 65.8 Å². The van der Waals surface area contributed by atoms with Gasteiger partial charge in [0.1, 0.15) is 5.69 Å². The lowest BCUT2D eigenvalue weighted by Crippen LogP contribution is -2.20. The maximum Gasteiger partial charge on any atom is 0.116 e. The first kappa shape index (κ1) is 22.8. The molecule has 5 heterocycles. The van der Waals surface area contributed by atoms with Crippen molar-refractivity contribution >= 4 is 21.8 Å². The number of aromatic amines is 2. The third-order valence-electron chi connectivity index (χ3n) is 7.68. The Morgan fingerprint density at radius 3 is 2.53 bits per heavy atom. The van der Waals surface area contributed by atoms with Crippen molar-refractivity contribution in [3.63, 3.8) is 0 Å². The number of hydrogen-bond acceptors (Lipinski definition) is 5. The summed E-state index contributed by atoms with van der Waals surface area (Å²) in [7, 11) is 0. The Bertz CT molecular complexity index is 1710. The SMILES string of the molecule is c1cc(-c2nccc3[nH]c(-c4n[nH]c5ccc(-c6cncc(CNCC7CCCC7)c6)cc45)cc23)ccn1. The van der Waals surface area contributed by atoms with Gasteiger partial charge < -0.3 is 10.3 Å². The molecule has 6 aromatic rings. The zero-order chi connectivity index (χ0) is 25.3. The highest BCUT2D eigenvalue weighted by molar-refractivity contribution is 6.00. The molecule has 1 fully saturated rings. The minimum absolute atomic E-state index is 0.828. The van der Waals surface area contributed by atoms with Crippen LogP contribution in [0.4, 0.5) is 0 Å². The fourth-order valence-corrected chi connectivity index (χ4v) is 5.70. The first-order valence-corrected chi connectivity index (χ1v) is 13.3. The topological polar surface area (TPSA) is 95.2 Å². The number of H-pyrrole nitrogens is 2. The molecule has 0 aliphatic heterocycles. The second kappa shape index (κ2) is 9.84. The molecular weight excluding hydrogens is 470 g/mol. The molecule has 7 rings (SSSR count). The van der Waals surface area contributed by atoms with E-state index < -0.39 is 0 Å². The number of nitrogens with zero attached hydrogens (tertiary/aromatic N) is 4. The van der Waals surface area contributed by atoms with Crippen LogP contribution >= 0.6 is 0 Å². The van der Waals surface area contributed by atoms with E-state index in [-0.39, 0.29) is 0 Å². The Morgan fingerprint density at radius 2 is 1.63 bits per heavy atom. The van der Waals surface area contributed by atoms with Gasteiger partial charge in [0.25, 0.3) is 0 Å². The van der Waals surface area contributed by atoms with Crippen molar-refractivity contribution in [3.8, 4) is 33.8 Å². The van der Waals surface area contributed by atoms with Gasteiger partial charge in [0.05, 0.1) is 16.9 Å². The molecule has 7 nitrogen and oxygen atoms in total. The second-order valence-electron chi connectivity index (χ2n) is 10.2. The molecule has 0 bridgehead atoms. The minimum atomic E-state index is 0.828. The highest BCUT2D eigenvalue weighted by atomic mass is 15.1. The molecule has 0 saturated heterocycles. The van der Waals surface area contributed by atoms with Gasteiger partial charge in [-0.2, -0.15) is 5.10 Å². The number of rotatable bonds is 7. The number of nitrogens with one attached hydrogen (secondary N) is 3. The van der Waals surface area contributed by atoms with Gasteiger partial charge in [-0.15, -0.1) is 0 Å². The van der Waals surface area contributed by atoms with Crippen LogP contribution in [0.2, 0.25) is 0 Å². The molecule has 1 aliphatic rings. The molecule has 0 unspecified atom stereocenters. The predicted octanol–water partition coefficient (Wildman–Crippen LogP) is 6.51. The average molecular weight is 500 g/mol. The van der Waals surface area contributed by atoms with Crippen molar-refractivity contribution in [2.75, 3.05) is 6.54 Å². The first-order chi connectivity index (χ1) is 18.8. The van der Waals surface area contributed by atoms with E-state index in [0.717, 1.165) is 74.6 Å². The van der Waals surface area contributed by atoms with Gasteiger partial charge in [0.15, 0.2) is 0 Å². The molecule has 0 spiro atoms. The number of hydrogen-bond donors (Lipinski definition) is 3. The maximum atomic E-state index is 4.68. The van der Waals surface area contributed by atoms with Crippen molar-refractivity contribution in [1.29, 1.82) is 0 Å². The molecule has 0 atom stereocenters. The lowest BCUT2D eigenvalue weighted by Gasteiger charge is -2.11. The summed E-state index contributed by atoms with van der Waals surface area (Å²) >= 11 is 0. The van der Waals surface area contributed by atoms with Crippen LogP contribution in [0, 0.1) is 5.92 Å². The molecule has 5 aromatic heterocycles. The number of pyridine rings is 3. The number of aromatic nitrogens is 6. The normalized spacial score (nSPS) is 14.1. The molecule has 7 heteroatoms. The van der Waals surface area contributed by atoms with Gasteiger partial charge in [-0.3, -0.25) is 20.1 Å². The van der Waals surface area contributed by atoms with E-state index in [9.17, 15) is 0 Å². The van der Waals surface area contributed by atoms with E-state index in [1.54, 1.807) is 12.4 Å². The molecule has 188 valence electrons. The molecule has 0 amide bonds. The van der Waals surface area contributed by atoms with Gasteiger partial charge in [0.2, 0.25) is 0 Å². The zero-order valence-electron chi connectivity index (χ0n) is 21.1. The fraction of sp³-hybridized carbons (Fsp3) is 0.226. The third-order valence-corrected chi connectivity index (χ3v) is 7.68. The largest absolute Gasteiger partial charge is 0.353 e. The van der Waals surface area contributed by atoms with Crippen molar-refractivity contribution in [3.05, 3.63) is 85.1 Å². The van der Waals surface area contributed by atoms with E-state index in [1.807, 2.05) is 36.8 Å². The zero-order valence-corrected chi connectivity index (χ0v) is 21.1. The minimum Gasteiger partial charge on any atom is -0.353 e. The summed E-state index contributed by atoms with van der Waals surface area (Å²) in [6.07, 6.45) is 14.8. The smallest absolute Gasteiger partial charge is 0.116 e. The standard InChI is InChI=1S/C31H29N7/c1-2-4-20(3-1)16-33-17-21-13-24(19-34-18-21)23-5-6-28-25(14-23)31(38-37-28)29-15-26-27(36-29)9-12-35-30(26)22-7-10-32-11-8-22/h5-15,18-20,33,36H,1-4,16-17H2,(H,37,38). The van der Waals surface area contributed by atoms with Crippen LogP contribution in [0.25, 0.3) is 55.6 Å². The molecule has 1 aromatic carbocycles. The second-order valence-corrected chi connectivity index (χ2v) is 10.2. The van der Waals surface area contributed by atoms with Crippen molar-refractivity contribution in [2.45, 2.75) is 32.2 Å². The monoisotopic (exact) mass is 499 g/mol. The van der Waals surface area contributed by atoms with Gasteiger partial charge in [-0.05, 0) is 78.9 Å². The Balaban J connectivity index is 1.20. The average Bonchev–Trinajstić information content (AvgIpc) is 3.73. The lowest BCUT2D eigenvalue weighted by atomic mass is 10.0. The number of benzene rings is 1. The third kappa shape index (κ3) is 4.35. The van der Waals surface area contributed by atoms with E-state index in [0.29, 0.717) is 0 Å². The number of fused-ring (bicyclic) bond motifs is 2. The quantitative estimate of drug-likeness (QED) is 0.233. The molecule has 1 saturated carbocycles. The van der Waals surface area contributed by atoms with Crippen LogP contribution in [-0.4, -0.2) is 36.7 Å². The van der Waals surface area contributed by atoms with Gasteiger partial charge in [-0.1, -0.05) is 18.9 Å². The summed E-state index contributed by atoms with van der Waals surface area (Å²) in [5.74, 6) is 0.828. The van der Waals surface area contributed by atoms with E-state index in [1.165, 1.54) is 31.2 Å². The molecule has 38 heavy (non-hydrogen) atoms. The maximum absolute atomic E-state index is 4.68. The summed E-state index contributed by atoms with van der Waals surface area (Å²) in [5.41, 5.74) is 9.28. The summed E-state index contributed by atoms with van der Waals surface area (Å²) in [6, 6.07) is 16.8. The molecule has 0 radical (unpaired) electrons. The molecular formula is C31H29N7. The Hall–Kier alpha value is -4.36. The summed E-state index contributed by atoms with van der Waals surface area (Å²) in [5, 5.41) is 13.6. The Labute approximate surface area is 220 Å². The van der Waals surface area contributed by atoms with E-state index >= 15 is 0 Å². The van der Waals surface area contributed by atoms with Crippen molar-refractivity contribution < 1.29 is 0 Å². The van der Waals surface area contributed by atoms with Crippen LogP contribution < -0.4 is 5.32 Å². The summed E-state index contributed by atoms with van der Waals surface area (Å²) in [4.78, 5) is 16.9.